The summed E-state index contributed by atoms with van der Waals surface area (Å²) in [5.41, 5.74) is 8.29. The number of alkyl carbamates (subject to hydrolysis) is 1. The van der Waals surface area contributed by atoms with E-state index in [1.807, 2.05) is 76.3 Å². The molecule has 0 radical (unpaired) electrons. The molecule has 2 aliphatic rings. The van der Waals surface area contributed by atoms with Crippen LogP contribution < -0.4 is 32.3 Å². The van der Waals surface area contributed by atoms with Gasteiger partial charge in [-0.2, -0.15) is 0 Å². The number of aliphatic hydroxyl groups excluding tert-OH is 1. The van der Waals surface area contributed by atoms with Crippen LogP contribution in [0.15, 0.2) is 96.2 Å². The molecule has 65 heavy (non-hydrogen) atoms. The van der Waals surface area contributed by atoms with Crippen LogP contribution in [0.25, 0.3) is 0 Å². The summed E-state index contributed by atoms with van der Waals surface area (Å²) in [6.07, 6.45) is 16.8. The Morgan fingerprint density at radius 1 is 1.02 bits per heavy atom. The normalized spacial score (nSPS) is 22.2. The molecule has 2 aliphatic heterocycles. The van der Waals surface area contributed by atoms with Crippen LogP contribution in [0.4, 0.5) is 20.1 Å². The molecule has 3 unspecified atom stereocenters. The third-order valence-electron chi connectivity index (χ3n) is 10.8. The van der Waals surface area contributed by atoms with Crippen molar-refractivity contribution < 1.29 is 53.2 Å². The molecule has 2 heterocycles. The Bertz CT molecular complexity index is 1960. The number of hydrogen-bond acceptors (Lipinski definition) is 10. The van der Waals surface area contributed by atoms with Gasteiger partial charge in [0.25, 0.3) is 0 Å². The molecular formula is C48H68N6O11. The first-order valence-electron chi connectivity index (χ1n) is 22.0. The van der Waals surface area contributed by atoms with Gasteiger partial charge < -0.3 is 56.7 Å². The highest BCUT2D eigenvalue weighted by Crippen LogP contribution is 2.29. The van der Waals surface area contributed by atoms with Crippen LogP contribution in [0.2, 0.25) is 0 Å². The van der Waals surface area contributed by atoms with Crippen LogP contribution in [0.5, 0.6) is 0 Å². The molecule has 1 aromatic rings. The van der Waals surface area contributed by atoms with Crippen LogP contribution in [0.1, 0.15) is 86.1 Å². The minimum absolute atomic E-state index is 0.108. The minimum Gasteiger partial charge on any atom is -0.465 e. The number of nitrogens with two attached hydrogens (primary N) is 1. The van der Waals surface area contributed by atoms with Crippen molar-refractivity contribution in [2.24, 2.45) is 23.5 Å². The molecule has 9 N–H and O–H groups in total. The number of primary amides is 1. The van der Waals surface area contributed by atoms with Crippen LogP contribution >= 0.6 is 0 Å². The van der Waals surface area contributed by atoms with E-state index in [0.717, 1.165) is 17.6 Å². The summed E-state index contributed by atoms with van der Waals surface area (Å²) in [5, 5.41) is 33.1. The van der Waals surface area contributed by atoms with Gasteiger partial charge in [0.15, 0.2) is 0 Å². The number of cyclic esters (lactones) is 1. The van der Waals surface area contributed by atoms with Crippen molar-refractivity contribution >= 4 is 41.7 Å². The van der Waals surface area contributed by atoms with Gasteiger partial charge in [0.2, 0.25) is 11.8 Å². The summed E-state index contributed by atoms with van der Waals surface area (Å²) in [5.74, 6) is -1.93. The third-order valence-corrected chi connectivity index (χ3v) is 10.8. The lowest BCUT2D eigenvalue weighted by atomic mass is 9.87. The fraction of sp³-hybridized carbons (Fsp3) is 0.500. The summed E-state index contributed by atoms with van der Waals surface area (Å²) < 4.78 is 17.3. The topological polar surface area (TPSA) is 257 Å². The van der Waals surface area contributed by atoms with Crippen molar-refractivity contribution in [1.82, 2.24) is 21.3 Å². The lowest BCUT2D eigenvalue weighted by molar-refractivity contribution is -0.141. The number of allylic oxidation sites excluding steroid dienone is 7. The van der Waals surface area contributed by atoms with Crippen molar-refractivity contribution in [2.45, 2.75) is 130 Å². The Labute approximate surface area is 382 Å². The van der Waals surface area contributed by atoms with Gasteiger partial charge in [-0.1, -0.05) is 99.6 Å². The summed E-state index contributed by atoms with van der Waals surface area (Å²) in [4.78, 5) is 73.7. The first kappa shape index (κ1) is 53.1. The molecule has 356 valence electrons. The molecule has 1 saturated heterocycles. The average Bonchev–Trinajstić information content (AvgIpc) is 3.23. The van der Waals surface area contributed by atoms with Crippen molar-refractivity contribution in [3.8, 4) is 0 Å². The van der Waals surface area contributed by atoms with E-state index in [0.29, 0.717) is 17.7 Å². The molecule has 17 nitrogen and oxygen atoms in total. The van der Waals surface area contributed by atoms with Gasteiger partial charge >= 0.3 is 24.2 Å². The largest absolute Gasteiger partial charge is 0.465 e. The third kappa shape index (κ3) is 19.6. The number of benzene rings is 1. The van der Waals surface area contributed by atoms with Crippen LogP contribution in [-0.2, 0) is 35.2 Å². The molecule has 0 spiro atoms. The maximum Gasteiger partial charge on any atom is 0.408 e. The molecule has 9 atom stereocenters. The van der Waals surface area contributed by atoms with Gasteiger partial charge in [0, 0.05) is 37.1 Å². The number of esters is 1. The van der Waals surface area contributed by atoms with Crippen LogP contribution in [0.3, 0.4) is 0 Å². The van der Waals surface area contributed by atoms with E-state index in [9.17, 15) is 39.0 Å². The number of aliphatic hydroxyl groups is 1. The zero-order chi connectivity index (χ0) is 48.1. The predicted molar refractivity (Wildman–Crippen MR) is 247 cm³/mol. The van der Waals surface area contributed by atoms with Gasteiger partial charge in [-0.15, -0.1) is 0 Å². The average molecular weight is 905 g/mol. The van der Waals surface area contributed by atoms with E-state index in [2.05, 4.69) is 39.6 Å². The Morgan fingerprint density at radius 3 is 2.38 bits per heavy atom. The lowest BCUT2D eigenvalue weighted by Crippen LogP contribution is -2.54. The minimum atomic E-state index is -1.38. The zero-order valence-corrected chi connectivity index (χ0v) is 38.5. The van der Waals surface area contributed by atoms with Crippen molar-refractivity contribution in [2.75, 3.05) is 11.9 Å². The highest BCUT2D eigenvalue weighted by atomic mass is 16.6. The number of carbonyl (C=O) groups excluding carboxylic acids is 5. The molecule has 17 heteroatoms. The number of anilines is 1. The maximum atomic E-state index is 13.4. The Morgan fingerprint density at radius 2 is 1.74 bits per heavy atom. The number of rotatable bonds is 22. The standard InChI is InChI=1S/C48H68N6O11/c1-8-12-40-33(7)39(55)27-41(65-40)37(15-9-13-30(4)25-32(6)26-31(5)18-23-36-14-10-17-42(56)64-36)53-48(62)63-28-34-19-21-35(22-20-34)51-44(57)38(16-11-24-50-46(49)59)52-45(58)43(29(2)3)54-47(60)61/h8-10,12-13,15,17-23,26,29,32-33,36-41,43,54-55H,11,14,16,24-25,27-28H2,1-7H3,(H,51,57)(H,52,58)(H,53,62)(H,60,61)(H3,49,50,59)/b12-8+,15-9+,23-18+,30-13+,31-26-/t32-,33+,36?,37-,38?,39-,40+,41+,43?/m1/s1. The van der Waals surface area contributed by atoms with E-state index >= 15 is 0 Å². The van der Waals surface area contributed by atoms with E-state index in [1.165, 1.54) is 6.08 Å². The molecular weight excluding hydrogens is 837 g/mol. The second kappa shape index (κ2) is 27.2. The van der Waals surface area contributed by atoms with Gasteiger partial charge in [0.1, 0.15) is 24.8 Å². The molecule has 0 aromatic heterocycles. The highest BCUT2D eigenvalue weighted by molar-refractivity contribution is 5.98. The summed E-state index contributed by atoms with van der Waals surface area (Å²) in [6, 6.07) is 2.95. The number of carbonyl (C=O) groups is 6. The summed E-state index contributed by atoms with van der Waals surface area (Å²) in [6.45, 7) is 13.3. The second-order valence-electron chi connectivity index (χ2n) is 16.9. The smallest absolute Gasteiger partial charge is 0.408 e. The molecule has 6 amide bonds. The Hall–Kier alpha value is -6.20. The quantitative estimate of drug-likeness (QED) is 0.0286. The molecule has 0 saturated carbocycles. The van der Waals surface area contributed by atoms with E-state index in [-0.39, 0.29) is 62.4 Å². The van der Waals surface area contributed by atoms with Crippen LogP contribution in [-0.4, -0.2) is 95.3 Å². The first-order chi connectivity index (χ1) is 30.8. The summed E-state index contributed by atoms with van der Waals surface area (Å²) in [7, 11) is 0. The van der Waals surface area contributed by atoms with E-state index in [4.69, 9.17) is 19.9 Å². The predicted octanol–water partition coefficient (Wildman–Crippen LogP) is 6.08. The fourth-order valence-electron chi connectivity index (χ4n) is 7.31. The van der Waals surface area contributed by atoms with Gasteiger partial charge in [0.05, 0.1) is 24.4 Å². The Balaban J connectivity index is 1.66. The summed E-state index contributed by atoms with van der Waals surface area (Å²) >= 11 is 0. The number of carboxylic acid groups (broad SMARTS) is 1. The number of hydrogen-bond donors (Lipinski definition) is 8. The second-order valence-corrected chi connectivity index (χ2v) is 16.9. The first-order valence-corrected chi connectivity index (χ1v) is 22.0. The number of urea groups is 1. The molecule has 1 fully saturated rings. The van der Waals surface area contributed by atoms with Gasteiger partial charge in [-0.25, -0.2) is 19.2 Å². The monoisotopic (exact) mass is 904 g/mol. The number of amides is 6. The van der Waals surface area contributed by atoms with Crippen molar-refractivity contribution in [1.29, 1.82) is 0 Å². The van der Waals surface area contributed by atoms with Gasteiger partial charge in [-0.05, 0) is 75.6 Å². The lowest BCUT2D eigenvalue weighted by Gasteiger charge is -2.39. The molecule has 1 aromatic carbocycles. The van der Waals surface area contributed by atoms with E-state index in [1.54, 1.807) is 38.1 Å². The van der Waals surface area contributed by atoms with Gasteiger partial charge in [-0.3, -0.25) is 9.59 Å². The number of ether oxygens (including phenoxy) is 3. The molecule has 0 aliphatic carbocycles. The molecule has 0 bridgehead atoms. The SMILES string of the molecule is C/C=C/[C@@H]1O[C@H]([C@@H](/C=C/C=C(\C)C[C@@H](C)/C=C(C)\C=C\C2CC=CC(=O)O2)NC(=O)OCc2ccc(NC(=O)C(CCCNC(N)=O)NC(=O)C(NC(=O)O)C(C)C)cc2)C[C@@H](O)[C@@H]1C. The Kier molecular flexibility index (Phi) is 22.2. The van der Waals surface area contributed by atoms with Crippen LogP contribution in [0, 0.1) is 17.8 Å². The van der Waals surface area contributed by atoms with E-state index < -0.39 is 66.3 Å². The number of nitrogens with one attached hydrogen (secondary N) is 5. The fourth-order valence-corrected chi connectivity index (χ4v) is 7.31. The van der Waals surface area contributed by atoms with Crippen molar-refractivity contribution in [3.63, 3.8) is 0 Å². The maximum absolute atomic E-state index is 13.4. The molecule has 3 rings (SSSR count). The van der Waals surface area contributed by atoms with Crippen molar-refractivity contribution in [3.05, 3.63) is 102 Å². The zero-order valence-electron chi connectivity index (χ0n) is 38.5. The highest BCUT2D eigenvalue weighted by Gasteiger charge is 2.37.